The fraction of sp³-hybridized carbons (Fsp3) is 0.118. The Morgan fingerprint density at radius 2 is 2.05 bits per heavy atom. The first-order valence-corrected chi connectivity index (χ1v) is 7.40. The van der Waals surface area contributed by atoms with Crippen LogP contribution in [0, 0.1) is 0 Å². The molecule has 1 N–H and O–H groups in total. The Morgan fingerprint density at radius 3 is 2.81 bits per heavy atom. The summed E-state index contributed by atoms with van der Waals surface area (Å²) in [7, 11) is 1.68. The molecule has 3 rings (SSSR count). The van der Waals surface area contributed by atoms with Crippen LogP contribution in [0.4, 0.5) is 0 Å². The van der Waals surface area contributed by atoms with Gasteiger partial charge >= 0.3 is 5.97 Å². The number of carboxylic acid groups (broad SMARTS) is 1. The Kier molecular flexibility index (Phi) is 3.73. The summed E-state index contributed by atoms with van der Waals surface area (Å²) in [5, 5.41) is 11.6. The van der Waals surface area contributed by atoms with Crippen molar-refractivity contribution >= 4 is 27.4 Å². The van der Waals surface area contributed by atoms with Crippen molar-refractivity contribution in [2.24, 2.45) is 0 Å². The number of thiophene rings is 1. The fourth-order valence-corrected chi connectivity index (χ4v) is 3.42. The molecule has 0 saturated heterocycles. The van der Waals surface area contributed by atoms with Crippen LogP contribution in [0.25, 0.3) is 21.2 Å². The van der Waals surface area contributed by atoms with E-state index in [1.807, 2.05) is 36.4 Å². The molecule has 4 heteroatoms. The summed E-state index contributed by atoms with van der Waals surface area (Å²) in [6.07, 6.45) is 0. The van der Waals surface area contributed by atoms with Crippen LogP contribution in [0.3, 0.4) is 0 Å². The number of aromatic carboxylic acids is 1. The third-order valence-electron chi connectivity index (χ3n) is 3.43. The highest BCUT2D eigenvalue weighted by atomic mass is 32.1. The summed E-state index contributed by atoms with van der Waals surface area (Å²) in [5.41, 5.74) is 3.68. The summed E-state index contributed by atoms with van der Waals surface area (Å²) in [6, 6.07) is 14.0. The molecule has 106 valence electrons. The summed E-state index contributed by atoms with van der Waals surface area (Å²) < 4.78 is 6.22. The van der Waals surface area contributed by atoms with Gasteiger partial charge < -0.3 is 9.84 Å². The van der Waals surface area contributed by atoms with Crippen molar-refractivity contribution in [2.45, 2.75) is 6.61 Å². The fourth-order valence-electron chi connectivity index (χ4n) is 2.44. The second-order valence-electron chi connectivity index (χ2n) is 4.76. The van der Waals surface area contributed by atoms with E-state index >= 15 is 0 Å². The lowest BCUT2D eigenvalue weighted by molar-refractivity contribution is 0.0699. The van der Waals surface area contributed by atoms with Crippen molar-refractivity contribution in [3.63, 3.8) is 0 Å². The number of carboxylic acids is 1. The van der Waals surface area contributed by atoms with E-state index in [0.717, 1.165) is 26.8 Å². The van der Waals surface area contributed by atoms with Crippen molar-refractivity contribution in [1.82, 2.24) is 0 Å². The van der Waals surface area contributed by atoms with Gasteiger partial charge in [-0.2, -0.15) is 0 Å². The number of fused-ring (bicyclic) bond motifs is 1. The molecular formula is C17H14O3S. The third-order valence-corrected chi connectivity index (χ3v) is 4.38. The van der Waals surface area contributed by atoms with E-state index < -0.39 is 5.97 Å². The van der Waals surface area contributed by atoms with E-state index in [0.29, 0.717) is 12.2 Å². The minimum atomic E-state index is -0.881. The average Bonchev–Trinajstić information content (AvgIpc) is 2.91. The Hall–Kier alpha value is -2.17. The van der Waals surface area contributed by atoms with Gasteiger partial charge in [0, 0.05) is 22.6 Å². The number of benzene rings is 2. The lowest BCUT2D eigenvalue weighted by atomic mass is 9.99. The molecule has 0 bridgehead atoms. The number of hydrogen-bond acceptors (Lipinski definition) is 3. The highest BCUT2D eigenvalue weighted by molar-refractivity contribution is 7.17. The van der Waals surface area contributed by atoms with Gasteiger partial charge in [0.1, 0.15) is 0 Å². The van der Waals surface area contributed by atoms with Gasteiger partial charge in [-0.15, -0.1) is 11.3 Å². The van der Waals surface area contributed by atoms with Gasteiger partial charge in [-0.05, 0) is 22.8 Å². The summed E-state index contributed by atoms with van der Waals surface area (Å²) >= 11 is 1.46. The molecule has 0 aliphatic carbocycles. The zero-order valence-electron chi connectivity index (χ0n) is 11.5. The normalized spacial score (nSPS) is 10.9. The van der Waals surface area contributed by atoms with Crippen LogP contribution in [0.15, 0.2) is 47.8 Å². The minimum Gasteiger partial charge on any atom is -0.478 e. The molecule has 2 aromatic carbocycles. The van der Waals surface area contributed by atoms with Crippen LogP contribution < -0.4 is 0 Å². The van der Waals surface area contributed by atoms with Gasteiger partial charge in [0.2, 0.25) is 0 Å². The first-order chi connectivity index (χ1) is 10.2. The monoisotopic (exact) mass is 298 g/mol. The van der Waals surface area contributed by atoms with Crippen molar-refractivity contribution in [1.29, 1.82) is 0 Å². The Balaban J connectivity index is 2.12. The maximum Gasteiger partial charge on any atom is 0.337 e. The maximum atomic E-state index is 11.2. The number of rotatable bonds is 4. The van der Waals surface area contributed by atoms with E-state index in [1.165, 1.54) is 11.3 Å². The van der Waals surface area contributed by atoms with E-state index in [-0.39, 0.29) is 0 Å². The third kappa shape index (κ3) is 2.55. The van der Waals surface area contributed by atoms with E-state index in [2.05, 4.69) is 6.07 Å². The van der Waals surface area contributed by atoms with Crippen molar-refractivity contribution in [3.8, 4) is 11.1 Å². The number of hydrogen-bond donors (Lipinski definition) is 1. The SMILES string of the molecule is COCc1ccccc1-c1ccc2c(C(=O)O)csc2c1. The number of methoxy groups -OCH3 is 1. The second-order valence-corrected chi connectivity index (χ2v) is 5.67. The molecule has 0 atom stereocenters. The molecule has 0 fully saturated rings. The maximum absolute atomic E-state index is 11.2. The molecule has 0 unspecified atom stereocenters. The van der Waals surface area contributed by atoms with Crippen LogP contribution in [-0.2, 0) is 11.3 Å². The molecule has 0 radical (unpaired) electrons. The van der Waals surface area contributed by atoms with Crippen LogP contribution in [0.1, 0.15) is 15.9 Å². The topological polar surface area (TPSA) is 46.5 Å². The van der Waals surface area contributed by atoms with Crippen molar-refractivity contribution in [2.75, 3.05) is 7.11 Å². The first kappa shape index (κ1) is 13.8. The van der Waals surface area contributed by atoms with E-state index in [4.69, 9.17) is 9.84 Å². The quantitative estimate of drug-likeness (QED) is 0.776. The molecule has 1 heterocycles. The summed E-state index contributed by atoms with van der Waals surface area (Å²) in [5.74, 6) is -0.881. The Labute approximate surface area is 126 Å². The van der Waals surface area contributed by atoms with Gasteiger partial charge in [-0.1, -0.05) is 36.4 Å². The zero-order chi connectivity index (χ0) is 14.8. The number of ether oxygens (including phenoxy) is 1. The average molecular weight is 298 g/mol. The molecule has 0 aliphatic heterocycles. The van der Waals surface area contributed by atoms with Crippen LogP contribution in [-0.4, -0.2) is 18.2 Å². The van der Waals surface area contributed by atoms with Crippen LogP contribution >= 0.6 is 11.3 Å². The molecular weight excluding hydrogens is 284 g/mol. The van der Waals surface area contributed by atoms with Gasteiger partial charge in [0.05, 0.1) is 12.2 Å². The number of carbonyl (C=O) groups is 1. The van der Waals surface area contributed by atoms with Crippen molar-refractivity contribution in [3.05, 3.63) is 59.0 Å². The highest BCUT2D eigenvalue weighted by Crippen LogP contribution is 2.32. The molecule has 21 heavy (non-hydrogen) atoms. The predicted octanol–water partition coefficient (Wildman–Crippen LogP) is 4.41. The molecule has 3 nitrogen and oxygen atoms in total. The van der Waals surface area contributed by atoms with Gasteiger partial charge in [0.15, 0.2) is 0 Å². The highest BCUT2D eigenvalue weighted by Gasteiger charge is 2.12. The van der Waals surface area contributed by atoms with Crippen LogP contribution in [0.2, 0.25) is 0 Å². The second kappa shape index (κ2) is 5.68. The first-order valence-electron chi connectivity index (χ1n) is 6.52. The molecule has 1 aromatic heterocycles. The lowest BCUT2D eigenvalue weighted by Gasteiger charge is -2.09. The summed E-state index contributed by atoms with van der Waals surface area (Å²) in [6.45, 7) is 0.555. The summed E-state index contributed by atoms with van der Waals surface area (Å²) in [4.78, 5) is 11.2. The molecule has 0 amide bonds. The van der Waals surface area contributed by atoms with Crippen LogP contribution in [0.5, 0.6) is 0 Å². The van der Waals surface area contributed by atoms with Crippen molar-refractivity contribution < 1.29 is 14.6 Å². The Bertz CT molecular complexity index is 805. The smallest absolute Gasteiger partial charge is 0.337 e. The van der Waals surface area contributed by atoms with Gasteiger partial charge in [0.25, 0.3) is 0 Å². The molecule has 3 aromatic rings. The van der Waals surface area contributed by atoms with Gasteiger partial charge in [-0.3, -0.25) is 0 Å². The molecule has 0 saturated carbocycles. The zero-order valence-corrected chi connectivity index (χ0v) is 12.3. The van der Waals surface area contributed by atoms with E-state index in [9.17, 15) is 4.79 Å². The Morgan fingerprint density at radius 1 is 1.24 bits per heavy atom. The lowest BCUT2D eigenvalue weighted by Crippen LogP contribution is -1.94. The van der Waals surface area contributed by atoms with E-state index in [1.54, 1.807) is 12.5 Å². The minimum absolute atomic E-state index is 0.367. The van der Waals surface area contributed by atoms with Gasteiger partial charge in [-0.25, -0.2) is 4.79 Å². The standard InChI is InChI=1S/C17H14O3S/c1-20-9-12-4-2-3-5-13(12)11-6-7-14-15(17(18)19)10-21-16(14)8-11/h2-8,10H,9H2,1H3,(H,18,19). The molecule has 0 spiro atoms. The molecule has 0 aliphatic rings. The predicted molar refractivity (Wildman–Crippen MR) is 84.9 cm³/mol. The largest absolute Gasteiger partial charge is 0.478 e.